The minimum absolute atomic E-state index is 0.0517. The number of unbranched alkanes of at least 4 members (excludes halogenated alkanes) is 2. The van der Waals surface area contributed by atoms with E-state index in [2.05, 4.69) is 46.8 Å². The molecule has 10 N–H and O–H groups in total. The zero-order chi connectivity index (χ0) is 43.8. The maximum Gasteiger partial charge on any atom is 0.481 e. The number of aliphatic hydroxyl groups excluding tert-OH is 1. The number of nitrogens with two attached hydrogens (primary N) is 2. The smallest absolute Gasteiger partial charge is 0.481 e. The number of rotatable bonds is 22. The Labute approximate surface area is 358 Å². The summed E-state index contributed by atoms with van der Waals surface area (Å²) in [5, 5.41) is 21.6. The minimum atomic E-state index is -1.79. The first-order valence-corrected chi connectivity index (χ1v) is 22.6. The van der Waals surface area contributed by atoms with Crippen molar-refractivity contribution in [3.63, 3.8) is 0 Å². The van der Waals surface area contributed by atoms with Gasteiger partial charge in [0.2, 0.25) is 23.6 Å². The molecular formula is C43H66BN7O8S. The predicted molar refractivity (Wildman–Crippen MR) is 232 cm³/mol. The quantitative estimate of drug-likeness (QED) is 0.0485. The van der Waals surface area contributed by atoms with Crippen LogP contribution in [0.5, 0.6) is 0 Å². The Morgan fingerprint density at radius 1 is 0.800 bits per heavy atom. The van der Waals surface area contributed by atoms with Gasteiger partial charge < -0.3 is 51.7 Å². The lowest BCUT2D eigenvalue weighted by Gasteiger charge is -2.64. The maximum atomic E-state index is 13.7. The molecule has 1 heterocycles. The topological polar surface area (TPSA) is 242 Å². The van der Waals surface area contributed by atoms with Gasteiger partial charge in [0.25, 0.3) is 0 Å². The molecular weight excluding hydrogens is 785 g/mol. The summed E-state index contributed by atoms with van der Waals surface area (Å²) >= 11 is -1.79. The van der Waals surface area contributed by atoms with Crippen LogP contribution in [0.4, 0.5) is 0 Å². The summed E-state index contributed by atoms with van der Waals surface area (Å²) in [7, 11) is -0.646. The average molecular weight is 852 g/mol. The second kappa shape index (κ2) is 21.0. The molecule has 0 radical (unpaired) electrons. The summed E-state index contributed by atoms with van der Waals surface area (Å²) in [6.07, 6.45) is 3.52. The zero-order valence-corrected chi connectivity index (χ0v) is 36.7. The second-order valence-electron chi connectivity index (χ2n) is 17.6. The van der Waals surface area contributed by atoms with Gasteiger partial charge in [-0.3, -0.25) is 19.2 Å². The molecule has 1 aliphatic heterocycles. The second-order valence-corrected chi connectivity index (χ2v) is 18.8. The van der Waals surface area contributed by atoms with Gasteiger partial charge >= 0.3 is 7.12 Å². The summed E-state index contributed by atoms with van der Waals surface area (Å²) in [4.78, 5) is 54.9. The summed E-state index contributed by atoms with van der Waals surface area (Å²) < 4.78 is 29.2. The largest absolute Gasteiger partial charge is 0.593 e. The van der Waals surface area contributed by atoms with Crippen LogP contribution in [0.2, 0.25) is 0 Å². The monoisotopic (exact) mass is 851 g/mol. The van der Waals surface area contributed by atoms with Gasteiger partial charge in [0.05, 0.1) is 35.1 Å². The van der Waals surface area contributed by atoms with Gasteiger partial charge in [0.15, 0.2) is 4.90 Å². The summed E-state index contributed by atoms with van der Waals surface area (Å²) in [5.74, 6) is -2.09. The number of hydrogen-bond acceptors (Lipinski definition) is 11. The Kier molecular flexibility index (Phi) is 16.6. The van der Waals surface area contributed by atoms with E-state index < -0.39 is 83.9 Å². The first kappa shape index (κ1) is 47.5. The van der Waals surface area contributed by atoms with Gasteiger partial charge in [0.1, 0.15) is 24.2 Å². The molecule has 3 aliphatic carbocycles. The van der Waals surface area contributed by atoms with Crippen LogP contribution >= 0.6 is 0 Å². The molecule has 0 spiro atoms. The Bertz CT molecular complexity index is 1760. The number of benzene rings is 2. The number of hydrogen-bond donors (Lipinski definition) is 8. The Morgan fingerprint density at radius 2 is 1.40 bits per heavy atom. The fourth-order valence-corrected chi connectivity index (χ4v) is 9.93. The van der Waals surface area contributed by atoms with Crippen LogP contribution in [-0.2, 0) is 39.8 Å². The van der Waals surface area contributed by atoms with Crippen LogP contribution in [0.1, 0.15) is 92.9 Å². The Balaban J connectivity index is 1.17. The molecule has 2 bridgehead atoms. The van der Waals surface area contributed by atoms with Crippen molar-refractivity contribution in [1.82, 2.24) is 26.0 Å². The molecule has 4 amide bonds. The molecule has 15 nitrogen and oxygen atoms in total. The van der Waals surface area contributed by atoms with E-state index in [1.807, 2.05) is 49.4 Å². The fourth-order valence-electron chi connectivity index (χ4n) is 8.93. The third-order valence-corrected chi connectivity index (χ3v) is 14.0. The highest BCUT2D eigenvalue weighted by Gasteiger charge is 2.68. The summed E-state index contributed by atoms with van der Waals surface area (Å²) in [6.45, 7) is 12.1. The number of amides is 4. The van der Waals surface area contributed by atoms with Crippen LogP contribution in [0, 0.1) is 17.3 Å². The molecule has 4 aliphatic rings. The van der Waals surface area contributed by atoms with Crippen molar-refractivity contribution in [2.75, 3.05) is 13.1 Å². The molecule has 4 fully saturated rings. The predicted octanol–water partition coefficient (Wildman–Crippen LogP) is 2.22. The zero-order valence-electron chi connectivity index (χ0n) is 35.9. The van der Waals surface area contributed by atoms with Crippen LogP contribution in [0.3, 0.4) is 0 Å². The molecule has 2 aromatic carbocycles. The number of nitrogens with one attached hydrogen (secondary N) is 5. The van der Waals surface area contributed by atoms with Crippen molar-refractivity contribution >= 4 is 42.1 Å². The van der Waals surface area contributed by atoms with Gasteiger partial charge in [-0.25, -0.2) is 0 Å². The van der Waals surface area contributed by atoms with E-state index in [1.165, 1.54) is 13.8 Å². The van der Waals surface area contributed by atoms with Gasteiger partial charge in [-0.2, -0.15) is 0 Å². The van der Waals surface area contributed by atoms with Crippen LogP contribution in [0.15, 0.2) is 59.5 Å². The highest BCUT2D eigenvalue weighted by molar-refractivity contribution is 7.89. The van der Waals surface area contributed by atoms with E-state index in [0.717, 1.165) is 24.0 Å². The molecule has 1 unspecified atom stereocenters. The van der Waals surface area contributed by atoms with Crippen LogP contribution in [-0.4, -0.2) is 101 Å². The molecule has 330 valence electrons. The third-order valence-electron chi connectivity index (χ3n) is 12.8. The lowest BCUT2D eigenvalue weighted by Crippen LogP contribution is -2.65. The van der Waals surface area contributed by atoms with Crippen molar-refractivity contribution in [3.8, 4) is 11.1 Å². The minimum Gasteiger partial charge on any atom is -0.593 e. The molecule has 11 atom stereocenters. The molecule has 17 heteroatoms. The SMILES string of the molecule is C[C@H](NC(=O)[C@H](CCCCN)NC(=O)[C@H](C)NC(=O)[C@@H](NC(=O)[C@H](CCCCN)N[S+]([O-])c1ccc(-c2ccccc2)cc1)[C@@H](C)O)B1O[C@@H]2C[C@@H]3C[C@@H](C3(C)C)[C@]2(C)O1. The van der Waals surface area contributed by atoms with Gasteiger partial charge in [-0.1, -0.05) is 44.2 Å². The third kappa shape index (κ3) is 11.3. The van der Waals surface area contributed by atoms with E-state index in [9.17, 15) is 28.8 Å². The standard InChI is InChI=1S/C43H66BN7O8S/c1-26(38(53)49-33(16-10-12-22-45)39(54)48-28(3)44-58-36-25-31-24-35(42(31,4)5)43(36,6)59-44)47-41(56)37(27(2)52)50-40(55)34(17-11-13-23-46)51-60(57)32-20-18-30(19-21-32)29-14-8-7-9-15-29/h7-9,14-15,18-21,26-28,31,33-37,51-52H,10-13,16-17,22-25,45-46H2,1-6H3,(H,47,56)(H,48,54)(H,49,53)(H,50,55)/t26-,27+,28-,31-,33-,34-,35-,36+,37-,43-,60?/m0/s1. The van der Waals surface area contributed by atoms with Gasteiger partial charge in [-0.05, 0) is 145 Å². The highest BCUT2D eigenvalue weighted by Crippen LogP contribution is 2.65. The van der Waals surface area contributed by atoms with Crippen molar-refractivity contribution in [1.29, 1.82) is 0 Å². The highest BCUT2D eigenvalue weighted by atomic mass is 32.2. The number of aliphatic hydroxyl groups is 1. The maximum absolute atomic E-state index is 13.7. The molecule has 1 saturated heterocycles. The Morgan fingerprint density at radius 3 is 2.00 bits per heavy atom. The van der Waals surface area contributed by atoms with E-state index in [-0.39, 0.29) is 17.9 Å². The molecule has 60 heavy (non-hydrogen) atoms. The summed E-state index contributed by atoms with van der Waals surface area (Å²) in [6, 6.07) is 12.3. The summed E-state index contributed by atoms with van der Waals surface area (Å²) in [5.41, 5.74) is 13.1. The number of carbonyl (C=O) groups is 4. The van der Waals surface area contributed by atoms with E-state index in [4.69, 9.17) is 20.8 Å². The van der Waals surface area contributed by atoms with Crippen molar-refractivity contribution in [3.05, 3.63) is 54.6 Å². The molecule has 3 saturated carbocycles. The van der Waals surface area contributed by atoms with Crippen molar-refractivity contribution in [2.24, 2.45) is 28.7 Å². The molecule has 6 rings (SSSR count). The number of carbonyl (C=O) groups excluding carboxylic acids is 4. The van der Waals surface area contributed by atoms with E-state index in [1.54, 1.807) is 12.1 Å². The average Bonchev–Trinajstić information content (AvgIpc) is 3.59. The van der Waals surface area contributed by atoms with Crippen LogP contribution in [0.25, 0.3) is 11.1 Å². The van der Waals surface area contributed by atoms with Gasteiger partial charge in [0, 0.05) is 0 Å². The van der Waals surface area contributed by atoms with E-state index >= 15 is 0 Å². The molecule has 0 aromatic heterocycles. The first-order chi connectivity index (χ1) is 28.5. The van der Waals surface area contributed by atoms with E-state index in [0.29, 0.717) is 61.9 Å². The Hall–Kier alpha value is -3.55. The first-order valence-electron chi connectivity index (χ1n) is 21.5. The normalized spacial score (nSPS) is 25.0. The van der Waals surface area contributed by atoms with Crippen molar-refractivity contribution < 1.29 is 38.1 Å². The fraction of sp³-hybridized carbons (Fsp3) is 0.628. The molecule has 2 aromatic rings. The lowest BCUT2D eigenvalue weighted by molar-refractivity contribution is -0.199. The van der Waals surface area contributed by atoms with Gasteiger partial charge in [-0.15, -0.1) is 4.72 Å². The lowest BCUT2D eigenvalue weighted by atomic mass is 9.43. The van der Waals surface area contributed by atoms with Crippen LogP contribution < -0.4 is 37.5 Å². The van der Waals surface area contributed by atoms with Crippen molar-refractivity contribution in [2.45, 2.75) is 146 Å².